The zero-order valence-electron chi connectivity index (χ0n) is 14.8. The molecule has 2 aromatic rings. The van der Waals surface area contributed by atoms with Gasteiger partial charge in [-0.2, -0.15) is 0 Å². The van der Waals surface area contributed by atoms with Crippen molar-refractivity contribution in [3.8, 4) is 0 Å². The van der Waals surface area contributed by atoms with Gasteiger partial charge in [0.25, 0.3) is 10.0 Å². The number of anilines is 1. The van der Waals surface area contributed by atoms with Gasteiger partial charge in [0.05, 0.1) is 17.1 Å². The number of esters is 1. The molecule has 0 aliphatic heterocycles. The van der Waals surface area contributed by atoms with Crippen LogP contribution in [-0.4, -0.2) is 27.0 Å². The summed E-state index contributed by atoms with van der Waals surface area (Å²) >= 11 is 1.30. The van der Waals surface area contributed by atoms with Gasteiger partial charge in [0, 0.05) is 4.88 Å². The molecular formula is C18H20N2O5S2. The van der Waals surface area contributed by atoms with Gasteiger partial charge >= 0.3 is 12.0 Å². The number of fused-ring (bicyclic) bond motifs is 1. The normalized spacial score (nSPS) is 13.5. The summed E-state index contributed by atoms with van der Waals surface area (Å²) < 4.78 is 31.7. The van der Waals surface area contributed by atoms with E-state index in [2.05, 4.69) is 5.32 Å². The summed E-state index contributed by atoms with van der Waals surface area (Å²) in [6.07, 6.45) is 3.55. The van der Waals surface area contributed by atoms with E-state index in [-0.39, 0.29) is 11.5 Å². The fourth-order valence-electron chi connectivity index (χ4n) is 2.98. The van der Waals surface area contributed by atoms with E-state index in [4.69, 9.17) is 4.74 Å². The third-order valence-electron chi connectivity index (χ3n) is 4.16. The maximum absolute atomic E-state index is 12.4. The first kappa shape index (κ1) is 19.4. The molecule has 7 nitrogen and oxygen atoms in total. The highest BCUT2D eigenvalue weighted by Crippen LogP contribution is 2.38. The van der Waals surface area contributed by atoms with E-state index in [9.17, 15) is 18.0 Å². The van der Waals surface area contributed by atoms with Crippen LogP contribution in [-0.2, 0) is 27.6 Å². The predicted molar refractivity (Wildman–Crippen MR) is 103 cm³/mol. The zero-order chi connectivity index (χ0) is 19.4. The monoisotopic (exact) mass is 408 g/mol. The van der Waals surface area contributed by atoms with Gasteiger partial charge < -0.3 is 4.74 Å². The smallest absolute Gasteiger partial charge is 0.341 e. The van der Waals surface area contributed by atoms with Gasteiger partial charge in [0.2, 0.25) is 0 Å². The highest BCUT2D eigenvalue weighted by molar-refractivity contribution is 7.90. The molecule has 1 aliphatic rings. The average Bonchev–Trinajstić information content (AvgIpc) is 2.99. The maximum atomic E-state index is 12.4. The van der Waals surface area contributed by atoms with E-state index in [0.717, 1.165) is 36.1 Å². The van der Waals surface area contributed by atoms with Crippen molar-refractivity contribution in [3.63, 3.8) is 0 Å². The second-order valence-electron chi connectivity index (χ2n) is 6.01. The number of hydrogen-bond acceptors (Lipinski definition) is 6. The number of rotatable bonds is 5. The number of amides is 2. The molecule has 1 heterocycles. The molecule has 0 radical (unpaired) electrons. The first-order valence-electron chi connectivity index (χ1n) is 8.63. The summed E-state index contributed by atoms with van der Waals surface area (Å²) in [5, 5.41) is 2.84. The lowest BCUT2D eigenvalue weighted by molar-refractivity contribution is 0.0526. The molecule has 2 N–H and O–H groups in total. The van der Waals surface area contributed by atoms with Gasteiger partial charge in [-0.25, -0.2) is 22.7 Å². The molecule has 3 rings (SSSR count). The van der Waals surface area contributed by atoms with E-state index in [0.29, 0.717) is 10.6 Å². The highest BCUT2D eigenvalue weighted by Gasteiger charge is 2.28. The molecule has 144 valence electrons. The molecule has 0 saturated carbocycles. The molecule has 0 unspecified atom stereocenters. The Kier molecular flexibility index (Phi) is 5.81. The summed E-state index contributed by atoms with van der Waals surface area (Å²) in [6.45, 7) is 1.93. The summed E-state index contributed by atoms with van der Waals surface area (Å²) in [5.41, 5.74) is 1.23. The molecule has 1 aromatic carbocycles. The minimum atomic E-state index is -4.00. The van der Waals surface area contributed by atoms with Crippen LogP contribution in [0.2, 0.25) is 0 Å². The van der Waals surface area contributed by atoms with Crippen molar-refractivity contribution < 1.29 is 22.7 Å². The lowest BCUT2D eigenvalue weighted by Crippen LogP contribution is -2.34. The summed E-state index contributed by atoms with van der Waals surface area (Å²) in [4.78, 5) is 25.7. The Morgan fingerprint density at radius 2 is 1.85 bits per heavy atom. The van der Waals surface area contributed by atoms with E-state index < -0.39 is 22.0 Å². The molecule has 9 heteroatoms. The summed E-state index contributed by atoms with van der Waals surface area (Å²) in [6, 6.07) is 6.69. The first-order valence-corrected chi connectivity index (χ1v) is 10.9. The largest absolute Gasteiger partial charge is 0.462 e. The number of carbonyl (C=O) groups excluding carboxylic acids is 2. The molecule has 0 saturated heterocycles. The Labute approximate surface area is 161 Å². The quantitative estimate of drug-likeness (QED) is 0.739. The summed E-state index contributed by atoms with van der Waals surface area (Å²) in [5.74, 6) is -0.502. The van der Waals surface area contributed by atoms with Crippen molar-refractivity contribution in [1.82, 2.24) is 4.72 Å². The van der Waals surface area contributed by atoms with E-state index in [1.807, 2.05) is 4.72 Å². The van der Waals surface area contributed by atoms with Crippen LogP contribution >= 0.6 is 11.3 Å². The van der Waals surface area contributed by atoms with Crippen molar-refractivity contribution in [1.29, 1.82) is 0 Å². The fourth-order valence-corrected chi connectivity index (χ4v) is 5.18. The lowest BCUT2D eigenvalue weighted by Gasteiger charge is -2.12. The van der Waals surface area contributed by atoms with E-state index >= 15 is 0 Å². The number of urea groups is 1. The molecule has 27 heavy (non-hydrogen) atoms. The molecule has 0 fully saturated rings. The molecule has 0 bridgehead atoms. The number of benzene rings is 1. The molecule has 1 aliphatic carbocycles. The Morgan fingerprint density at radius 1 is 1.15 bits per heavy atom. The minimum Gasteiger partial charge on any atom is -0.462 e. The highest BCUT2D eigenvalue weighted by atomic mass is 32.2. The fraction of sp³-hybridized carbons (Fsp3) is 0.333. The number of aryl methyl sites for hydroxylation is 1. The lowest BCUT2D eigenvalue weighted by atomic mass is 9.95. The van der Waals surface area contributed by atoms with Crippen LogP contribution in [0.3, 0.4) is 0 Å². The Bertz CT molecular complexity index is 952. The van der Waals surface area contributed by atoms with Crippen molar-refractivity contribution in [2.45, 2.75) is 37.5 Å². The Morgan fingerprint density at radius 3 is 2.56 bits per heavy atom. The van der Waals surface area contributed by atoms with Crippen LogP contribution in [0.25, 0.3) is 0 Å². The van der Waals surface area contributed by atoms with E-state index in [1.165, 1.54) is 23.5 Å². The van der Waals surface area contributed by atoms with Crippen molar-refractivity contribution in [3.05, 3.63) is 46.3 Å². The molecular weight excluding hydrogens is 388 g/mol. The Balaban J connectivity index is 1.83. The molecule has 0 atom stereocenters. The van der Waals surface area contributed by atoms with Crippen molar-refractivity contribution in [2.75, 3.05) is 11.9 Å². The topological polar surface area (TPSA) is 102 Å². The third kappa shape index (κ3) is 4.30. The second kappa shape index (κ2) is 8.10. The number of nitrogens with one attached hydrogen (secondary N) is 2. The summed E-state index contributed by atoms with van der Waals surface area (Å²) in [7, 11) is -4.00. The van der Waals surface area contributed by atoms with Crippen LogP contribution in [0, 0.1) is 0 Å². The van der Waals surface area contributed by atoms with Gasteiger partial charge in [-0.05, 0) is 50.3 Å². The number of carbonyl (C=O) groups is 2. The SMILES string of the molecule is CCOC(=O)c1c(NC(=O)NS(=O)(=O)c2ccccc2)sc2c1CCCC2. The number of hydrogen-bond donors (Lipinski definition) is 2. The molecule has 1 aromatic heterocycles. The molecule has 0 spiro atoms. The van der Waals surface area contributed by atoms with Crippen LogP contribution in [0.15, 0.2) is 35.2 Å². The van der Waals surface area contributed by atoms with Gasteiger partial charge in [-0.1, -0.05) is 18.2 Å². The number of sulfonamides is 1. The van der Waals surface area contributed by atoms with Crippen molar-refractivity contribution in [2.24, 2.45) is 0 Å². The third-order valence-corrected chi connectivity index (χ3v) is 6.71. The van der Waals surface area contributed by atoms with Crippen LogP contribution in [0.5, 0.6) is 0 Å². The van der Waals surface area contributed by atoms with Gasteiger partial charge in [-0.15, -0.1) is 11.3 Å². The van der Waals surface area contributed by atoms with Crippen LogP contribution in [0.1, 0.15) is 40.6 Å². The molecule has 2 amide bonds. The van der Waals surface area contributed by atoms with Gasteiger partial charge in [0.1, 0.15) is 5.00 Å². The Hall–Kier alpha value is -2.39. The van der Waals surface area contributed by atoms with Crippen molar-refractivity contribution >= 4 is 38.4 Å². The second-order valence-corrected chi connectivity index (χ2v) is 8.80. The zero-order valence-corrected chi connectivity index (χ0v) is 16.4. The van der Waals surface area contributed by atoms with Gasteiger partial charge in [0.15, 0.2) is 0 Å². The minimum absolute atomic E-state index is 0.0174. The first-order chi connectivity index (χ1) is 12.9. The number of ether oxygens (including phenoxy) is 1. The van der Waals surface area contributed by atoms with Crippen LogP contribution in [0.4, 0.5) is 9.80 Å². The van der Waals surface area contributed by atoms with Crippen LogP contribution < -0.4 is 10.0 Å². The maximum Gasteiger partial charge on any atom is 0.341 e. The average molecular weight is 409 g/mol. The standard InChI is InChI=1S/C18H20N2O5S2/c1-2-25-17(21)15-13-10-6-7-11-14(13)26-16(15)19-18(22)20-27(23,24)12-8-4-3-5-9-12/h3-5,8-9H,2,6-7,10-11H2,1H3,(H2,19,20,22). The van der Waals surface area contributed by atoms with E-state index in [1.54, 1.807) is 25.1 Å². The predicted octanol–water partition coefficient (Wildman–Crippen LogP) is 3.31. The number of thiophene rings is 1. The van der Waals surface area contributed by atoms with Gasteiger partial charge in [-0.3, -0.25) is 5.32 Å².